The lowest BCUT2D eigenvalue weighted by molar-refractivity contribution is -0.120. The Kier molecular flexibility index (Phi) is 5.33. The molecule has 1 aliphatic rings. The van der Waals surface area contributed by atoms with E-state index in [2.05, 4.69) is 24.1 Å². The van der Waals surface area contributed by atoms with Crippen molar-refractivity contribution in [3.8, 4) is 0 Å². The van der Waals surface area contributed by atoms with Crippen molar-refractivity contribution in [2.24, 2.45) is 0 Å². The van der Waals surface area contributed by atoms with Crippen molar-refractivity contribution >= 4 is 18.0 Å². The zero-order valence-corrected chi connectivity index (χ0v) is 12.7. The van der Waals surface area contributed by atoms with Crippen LogP contribution >= 0.6 is 0 Å². The molecule has 5 heteroatoms. The van der Waals surface area contributed by atoms with E-state index in [0.29, 0.717) is 25.6 Å². The van der Waals surface area contributed by atoms with Crippen LogP contribution in [0.5, 0.6) is 0 Å². The molecule has 1 fully saturated rings. The van der Waals surface area contributed by atoms with Gasteiger partial charge in [0.15, 0.2) is 0 Å². The van der Waals surface area contributed by atoms with Crippen molar-refractivity contribution in [1.82, 2.24) is 9.80 Å². The van der Waals surface area contributed by atoms with Gasteiger partial charge in [-0.2, -0.15) is 0 Å². The van der Waals surface area contributed by atoms with Crippen LogP contribution in [0.25, 0.3) is 0 Å². The third-order valence-electron chi connectivity index (χ3n) is 3.78. The molecule has 1 heterocycles. The molecule has 0 aliphatic carbocycles. The van der Waals surface area contributed by atoms with Gasteiger partial charge in [-0.1, -0.05) is 26.0 Å². The average molecular weight is 289 g/mol. The zero-order chi connectivity index (χ0) is 15.2. The van der Waals surface area contributed by atoms with Crippen LogP contribution < -0.4 is 5.32 Å². The number of nitrogens with one attached hydrogen (secondary N) is 1. The van der Waals surface area contributed by atoms with Gasteiger partial charge in [-0.15, -0.1) is 0 Å². The molecule has 1 aliphatic heterocycles. The molecular weight excluding hydrogens is 266 g/mol. The van der Waals surface area contributed by atoms with Crippen molar-refractivity contribution in [3.05, 3.63) is 29.8 Å². The topological polar surface area (TPSA) is 52.7 Å². The molecule has 1 N–H and O–H groups in total. The molecule has 1 aromatic rings. The summed E-state index contributed by atoms with van der Waals surface area (Å²) >= 11 is 0. The number of benzene rings is 1. The molecule has 2 rings (SSSR count). The van der Waals surface area contributed by atoms with E-state index in [1.807, 2.05) is 24.3 Å². The van der Waals surface area contributed by atoms with Crippen LogP contribution in [0.2, 0.25) is 0 Å². The summed E-state index contributed by atoms with van der Waals surface area (Å²) in [5.74, 6) is 0.482. The van der Waals surface area contributed by atoms with Gasteiger partial charge in [-0.25, -0.2) is 0 Å². The molecule has 2 amide bonds. The maximum absolute atomic E-state index is 12.0. The number of carbonyl (C=O) groups excluding carboxylic acids is 2. The Balaban J connectivity index is 1.80. The number of amides is 2. The molecule has 0 unspecified atom stereocenters. The first-order valence-electron chi connectivity index (χ1n) is 7.40. The first-order chi connectivity index (χ1) is 10.1. The van der Waals surface area contributed by atoms with Gasteiger partial charge in [0.05, 0.1) is 6.54 Å². The molecule has 0 aromatic heterocycles. The summed E-state index contributed by atoms with van der Waals surface area (Å²) in [4.78, 5) is 26.5. The van der Waals surface area contributed by atoms with Crippen LogP contribution in [-0.2, 0) is 9.59 Å². The van der Waals surface area contributed by atoms with Crippen LogP contribution in [0.1, 0.15) is 25.3 Å². The highest BCUT2D eigenvalue weighted by Crippen LogP contribution is 2.17. The zero-order valence-electron chi connectivity index (χ0n) is 12.7. The van der Waals surface area contributed by atoms with E-state index in [4.69, 9.17) is 0 Å². The normalized spacial score (nSPS) is 16.0. The third-order valence-corrected chi connectivity index (χ3v) is 3.78. The lowest BCUT2D eigenvalue weighted by atomic mass is 10.0. The maximum atomic E-state index is 12.0. The van der Waals surface area contributed by atoms with Gasteiger partial charge >= 0.3 is 0 Å². The number of anilines is 1. The van der Waals surface area contributed by atoms with Gasteiger partial charge in [0.1, 0.15) is 0 Å². The van der Waals surface area contributed by atoms with E-state index in [-0.39, 0.29) is 5.91 Å². The molecule has 0 saturated carbocycles. The molecule has 0 bridgehead atoms. The quantitative estimate of drug-likeness (QED) is 0.836. The van der Waals surface area contributed by atoms with Crippen LogP contribution in [0.3, 0.4) is 0 Å². The second-order valence-corrected chi connectivity index (χ2v) is 5.74. The summed E-state index contributed by atoms with van der Waals surface area (Å²) in [7, 11) is 0. The summed E-state index contributed by atoms with van der Waals surface area (Å²) in [5.41, 5.74) is 2.09. The van der Waals surface area contributed by atoms with Crippen molar-refractivity contribution in [2.45, 2.75) is 19.8 Å². The van der Waals surface area contributed by atoms with Crippen molar-refractivity contribution < 1.29 is 9.59 Å². The second-order valence-electron chi connectivity index (χ2n) is 5.74. The van der Waals surface area contributed by atoms with E-state index in [9.17, 15) is 9.59 Å². The fourth-order valence-corrected chi connectivity index (χ4v) is 2.38. The first-order valence-corrected chi connectivity index (χ1v) is 7.40. The lowest BCUT2D eigenvalue weighted by Gasteiger charge is -2.31. The molecule has 114 valence electrons. The second kappa shape index (κ2) is 7.22. The van der Waals surface area contributed by atoms with E-state index in [1.165, 1.54) is 5.56 Å². The Morgan fingerprint density at radius 2 is 1.81 bits per heavy atom. The van der Waals surface area contributed by atoms with Crippen LogP contribution in [0.4, 0.5) is 5.69 Å². The van der Waals surface area contributed by atoms with Gasteiger partial charge in [-0.3, -0.25) is 14.5 Å². The summed E-state index contributed by atoms with van der Waals surface area (Å²) in [6.45, 7) is 7.55. The summed E-state index contributed by atoms with van der Waals surface area (Å²) in [6.07, 6.45) is 0.869. The van der Waals surface area contributed by atoms with Gasteiger partial charge in [-0.05, 0) is 23.6 Å². The molecule has 1 saturated heterocycles. The van der Waals surface area contributed by atoms with Crippen LogP contribution in [0, 0.1) is 0 Å². The Morgan fingerprint density at radius 3 is 2.33 bits per heavy atom. The average Bonchev–Trinajstić information content (AvgIpc) is 2.48. The Morgan fingerprint density at radius 1 is 1.19 bits per heavy atom. The summed E-state index contributed by atoms with van der Waals surface area (Å²) < 4.78 is 0. The van der Waals surface area contributed by atoms with E-state index >= 15 is 0 Å². The smallest absolute Gasteiger partial charge is 0.238 e. The highest BCUT2D eigenvalue weighted by atomic mass is 16.2. The highest BCUT2D eigenvalue weighted by molar-refractivity contribution is 5.92. The van der Waals surface area contributed by atoms with Gasteiger partial charge in [0.2, 0.25) is 12.3 Å². The molecule has 0 spiro atoms. The Labute approximate surface area is 125 Å². The number of rotatable bonds is 5. The third kappa shape index (κ3) is 4.56. The molecule has 5 nitrogen and oxygen atoms in total. The number of hydrogen-bond donors (Lipinski definition) is 1. The van der Waals surface area contributed by atoms with Crippen molar-refractivity contribution in [1.29, 1.82) is 0 Å². The highest BCUT2D eigenvalue weighted by Gasteiger charge is 2.17. The van der Waals surface area contributed by atoms with Crippen molar-refractivity contribution in [2.75, 3.05) is 38.0 Å². The largest absolute Gasteiger partial charge is 0.343 e. The van der Waals surface area contributed by atoms with E-state index in [0.717, 1.165) is 25.2 Å². The molecule has 21 heavy (non-hydrogen) atoms. The number of nitrogens with zero attached hydrogens (tertiary/aromatic N) is 2. The molecular formula is C16H23N3O2. The van der Waals surface area contributed by atoms with Crippen LogP contribution in [-0.4, -0.2) is 54.8 Å². The van der Waals surface area contributed by atoms with Gasteiger partial charge < -0.3 is 10.2 Å². The maximum Gasteiger partial charge on any atom is 0.238 e. The van der Waals surface area contributed by atoms with Gasteiger partial charge in [0.25, 0.3) is 0 Å². The number of piperazine rings is 1. The Hall–Kier alpha value is -1.88. The predicted octanol–water partition coefficient (Wildman–Crippen LogP) is 1.52. The number of carbonyl (C=O) groups is 2. The monoisotopic (exact) mass is 289 g/mol. The minimum absolute atomic E-state index is 0.00755. The standard InChI is InChI=1S/C16H23N3O2/c1-13(2)14-3-5-15(6-4-14)17-16(21)11-18-7-9-19(12-20)10-8-18/h3-6,12-13H,7-11H2,1-2H3,(H,17,21). The lowest BCUT2D eigenvalue weighted by Crippen LogP contribution is -2.48. The first kappa shape index (κ1) is 15.5. The summed E-state index contributed by atoms with van der Waals surface area (Å²) in [5, 5.41) is 2.92. The minimum Gasteiger partial charge on any atom is -0.343 e. The molecule has 1 aromatic carbocycles. The summed E-state index contributed by atoms with van der Waals surface area (Å²) in [6, 6.07) is 7.97. The van der Waals surface area contributed by atoms with Crippen molar-refractivity contribution in [3.63, 3.8) is 0 Å². The molecule has 0 atom stereocenters. The van der Waals surface area contributed by atoms with E-state index in [1.54, 1.807) is 4.90 Å². The fourth-order valence-electron chi connectivity index (χ4n) is 2.38. The fraction of sp³-hybridized carbons (Fsp3) is 0.500. The SMILES string of the molecule is CC(C)c1ccc(NC(=O)CN2CCN(C=O)CC2)cc1. The number of hydrogen-bond acceptors (Lipinski definition) is 3. The molecule has 0 radical (unpaired) electrons. The predicted molar refractivity (Wildman–Crippen MR) is 83.2 cm³/mol. The van der Waals surface area contributed by atoms with Crippen LogP contribution in [0.15, 0.2) is 24.3 Å². The Bertz CT molecular complexity index is 477. The minimum atomic E-state index is -0.00755. The van der Waals surface area contributed by atoms with Gasteiger partial charge in [0, 0.05) is 31.9 Å². The van der Waals surface area contributed by atoms with E-state index < -0.39 is 0 Å².